The summed E-state index contributed by atoms with van der Waals surface area (Å²) in [5.41, 5.74) is 3.01. The van der Waals surface area contributed by atoms with Crippen molar-refractivity contribution < 1.29 is 13.2 Å². The molecule has 0 radical (unpaired) electrons. The van der Waals surface area contributed by atoms with Crippen LogP contribution in [0.15, 0.2) is 114 Å². The summed E-state index contributed by atoms with van der Waals surface area (Å²) in [5.74, 6) is -0.265. The third-order valence-corrected chi connectivity index (χ3v) is 6.63. The van der Waals surface area contributed by atoms with Crippen LogP contribution in [0, 0.1) is 0 Å². The van der Waals surface area contributed by atoms with Gasteiger partial charge in [0.1, 0.15) is 0 Å². The summed E-state index contributed by atoms with van der Waals surface area (Å²) < 4.78 is 27.7. The van der Waals surface area contributed by atoms with Gasteiger partial charge in [-0.1, -0.05) is 60.7 Å². The van der Waals surface area contributed by atoms with Crippen LogP contribution in [-0.4, -0.2) is 25.9 Å². The van der Waals surface area contributed by atoms with E-state index in [1.165, 1.54) is 36.7 Å². The molecule has 1 heterocycles. The molecule has 0 saturated carbocycles. The molecule has 33 heavy (non-hydrogen) atoms. The van der Waals surface area contributed by atoms with E-state index in [0.717, 1.165) is 11.1 Å². The van der Waals surface area contributed by atoms with E-state index in [1.807, 2.05) is 60.7 Å². The SMILES string of the molecule is O=C(NCC(c1ccccc1)c1ccccc1)c1ccc(S(=O)(=O)Nc2ccncc2)cc1. The Labute approximate surface area is 193 Å². The van der Waals surface area contributed by atoms with E-state index in [2.05, 4.69) is 15.0 Å². The molecule has 1 aromatic heterocycles. The minimum Gasteiger partial charge on any atom is -0.351 e. The molecule has 0 aliphatic carbocycles. The molecule has 4 rings (SSSR count). The summed E-state index contributed by atoms with van der Waals surface area (Å²) in [5, 5.41) is 2.98. The van der Waals surface area contributed by atoms with Crippen molar-refractivity contribution in [3.05, 3.63) is 126 Å². The number of hydrogen-bond donors (Lipinski definition) is 2. The highest BCUT2D eigenvalue weighted by atomic mass is 32.2. The normalized spacial score (nSPS) is 11.2. The molecule has 0 saturated heterocycles. The summed E-state index contributed by atoms with van der Waals surface area (Å²) in [6, 6.07) is 29.0. The Kier molecular flexibility index (Phi) is 6.80. The Morgan fingerprint density at radius 2 is 1.30 bits per heavy atom. The van der Waals surface area contributed by atoms with Gasteiger partial charge in [-0.15, -0.1) is 0 Å². The van der Waals surface area contributed by atoms with Gasteiger partial charge >= 0.3 is 0 Å². The van der Waals surface area contributed by atoms with Gasteiger partial charge in [0.15, 0.2) is 0 Å². The van der Waals surface area contributed by atoms with Crippen LogP contribution in [0.25, 0.3) is 0 Å². The van der Waals surface area contributed by atoms with Crippen molar-refractivity contribution in [2.75, 3.05) is 11.3 Å². The molecule has 0 bridgehead atoms. The van der Waals surface area contributed by atoms with Crippen LogP contribution in [0.2, 0.25) is 0 Å². The Bertz CT molecular complexity index is 1260. The number of carbonyl (C=O) groups is 1. The number of aromatic nitrogens is 1. The molecular formula is C26H23N3O3S. The lowest BCUT2D eigenvalue weighted by Gasteiger charge is -2.19. The van der Waals surface area contributed by atoms with Crippen molar-refractivity contribution in [3.8, 4) is 0 Å². The van der Waals surface area contributed by atoms with E-state index in [-0.39, 0.29) is 16.7 Å². The van der Waals surface area contributed by atoms with Crippen molar-refractivity contribution in [1.29, 1.82) is 0 Å². The Morgan fingerprint density at radius 3 is 1.85 bits per heavy atom. The maximum absolute atomic E-state index is 12.8. The molecule has 0 unspecified atom stereocenters. The summed E-state index contributed by atoms with van der Waals surface area (Å²) in [6.07, 6.45) is 3.01. The molecule has 0 spiro atoms. The molecule has 1 amide bonds. The van der Waals surface area contributed by atoms with Crippen molar-refractivity contribution in [2.45, 2.75) is 10.8 Å². The van der Waals surface area contributed by atoms with E-state index in [1.54, 1.807) is 12.1 Å². The molecule has 4 aromatic rings. The average molecular weight is 458 g/mol. The number of hydrogen-bond acceptors (Lipinski definition) is 4. The van der Waals surface area contributed by atoms with Gasteiger partial charge in [0.05, 0.1) is 10.6 Å². The van der Waals surface area contributed by atoms with Gasteiger partial charge in [-0.05, 0) is 47.5 Å². The monoisotopic (exact) mass is 457 g/mol. The van der Waals surface area contributed by atoms with Gasteiger partial charge in [-0.25, -0.2) is 8.42 Å². The van der Waals surface area contributed by atoms with Crippen LogP contribution >= 0.6 is 0 Å². The summed E-state index contributed by atoms with van der Waals surface area (Å²) in [7, 11) is -3.76. The van der Waals surface area contributed by atoms with E-state index >= 15 is 0 Å². The number of carbonyl (C=O) groups excluding carboxylic acids is 1. The summed E-state index contributed by atoms with van der Waals surface area (Å²) in [6.45, 7) is 0.413. The number of amides is 1. The van der Waals surface area contributed by atoms with Gasteiger partial charge in [0.2, 0.25) is 0 Å². The Hall–Kier alpha value is -3.97. The van der Waals surface area contributed by atoms with Gasteiger partial charge < -0.3 is 5.32 Å². The first kappa shape index (κ1) is 22.2. The summed E-state index contributed by atoms with van der Waals surface area (Å²) >= 11 is 0. The Morgan fingerprint density at radius 1 is 0.758 bits per heavy atom. The van der Waals surface area contributed by atoms with E-state index < -0.39 is 10.0 Å². The zero-order chi connectivity index (χ0) is 23.1. The van der Waals surface area contributed by atoms with Crippen molar-refractivity contribution >= 4 is 21.6 Å². The second-order valence-corrected chi connectivity index (χ2v) is 9.13. The predicted octanol–water partition coefficient (Wildman–Crippen LogP) is 4.44. The number of anilines is 1. The third-order valence-electron chi connectivity index (χ3n) is 5.23. The molecule has 2 N–H and O–H groups in total. The van der Waals surface area contributed by atoms with Gasteiger partial charge in [-0.3, -0.25) is 14.5 Å². The minimum absolute atomic E-state index is 0.000521. The first-order chi connectivity index (χ1) is 16.0. The van der Waals surface area contributed by atoms with Crippen LogP contribution in [0.1, 0.15) is 27.4 Å². The fourth-order valence-corrected chi connectivity index (χ4v) is 4.57. The maximum atomic E-state index is 12.8. The Balaban J connectivity index is 1.46. The van der Waals surface area contributed by atoms with E-state index in [9.17, 15) is 13.2 Å². The lowest BCUT2D eigenvalue weighted by atomic mass is 9.91. The van der Waals surface area contributed by atoms with Crippen LogP contribution in [0.5, 0.6) is 0 Å². The van der Waals surface area contributed by atoms with Crippen LogP contribution < -0.4 is 10.0 Å². The lowest BCUT2D eigenvalue weighted by molar-refractivity contribution is 0.0952. The second-order valence-electron chi connectivity index (χ2n) is 7.45. The minimum atomic E-state index is -3.76. The number of nitrogens with one attached hydrogen (secondary N) is 2. The maximum Gasteiger partial charge on any atom is 0.261 e. The topological polar surface area (TPSA) is 88.2 Å². The molecule has 0 aliphatic heterocycles. The van der Waals surface area contributed by atoms with Crippen molar-refractivity contribution in [3.63, 3.8) is 0 Å². The van der Waals surface area contributed by atoms with Gasteiger partial charge in [0, 0.05) is 30.4 Å². The summed E-state index contributed by atoms with van der Waals surface area (Å²) in [4.78, 5) is 16.7. The van der Waals surface area contributed by atoms with Crippen molar-refractivity contribution in [2.24, 2.45) is 0 Å². The standard InChI is InChI=1S/C26H23N3O3S/c30-26(28-19-25(20-7-3-1-4-8-20)21-9-5-2-6-10-21)22-11-13-24(14-12-22)33(31,32)29-23-15-17-27-18-16-23/h1-18,25H,19H2,(H,27,29)(H,28,30). The first-order valence-electron chi connectivity index (χ1n) is 10.4. The van der Waals surface area contributed by atoms with E-state index in [0.29, 0.717) is 17.8 Å². The van der Waals surface area contributed by atoms with Crippen LogP contribution in [-0.2, 0) is 10.0 Å². The number of sulfonamides is 1. The highest BCUT2D eigenvalue weighted by Crippen LogP contribution is 2.24. The smallest absolute Gasteiger partial charge is 0.261 e. The fourth-order valence-electron chi connectivity index (χ4n) is 3.52. The molecular weight excluding hydrogens is 434 g/mol. The quantitative estimate of drug-likeness (QED) is 0.409. The second kappa shape index (κ2) is 10.1. The zero-order valence-corrected chi connectivity index (χ0v) is 18.6. The highest BCUT2D eigenvalue weighted by molar-refractivity contribution is 7.92. The number of nitrogens with zero attached hydrogens (tertiary/aromatic N) is 1. The van der Waals surface area contributed by atoms with Crippen LogP contribution in [0.4, 0.5) is 5.69 Å². The number of rotatable bonds is 8. The molecule has 0 atom stereocenters. The lowest BCUT2D eigenvalue weighted by Crippen LogP contribution is -2.29. The number of pyridine rings is 1. The highest BCUT2D eigenvalue weighted by Gasteiger charge is 2.18. The average Bonchev–Trinajstić information content (AvgIpc) is 2.86. The van der Waals surface area contributed by atoms with E-state index in [4.69, 9.17) is 0 Å². The predicted molar refractivity (Wildman–Crippen MR) is 129 cm³/mol. The molecule has 166 valence electrons. The third kappa shape index (κ3) is 5.64. The van der Waals surface area contributed by atoms with Crippen molar-refractivity contribution in [1.82, 2.24) is 10.3 Å². The fraction of sp³-hybridized carbons (Fsp3) is 0.0769. The van der Waals surface area contributed by atoms with Gasteiger partial charge in [-0.2, -0.15) is 0 Å². The van der Waals surface area contributed by atoms with Crippen LogP contribution in [0.3, 0.4) is 0 Å². The largest absolute Gasteiger partial charge is 0.351 e. The molecule has 0 fully saturated rings. The number of benzene rings is 3. The molecule has 3 aromatic carbocycles. The molecule has 0 aliphatic rings. The van der Waals surface area contributed by atoms with Gasteiger partial charge in [0.25, 0.3) is 15.9 Å². The first-order valence-corrected chi connectivity index (χ1v) is 11.9. The molecule has 6 nitrogen and oxygen atoms in total. The molecule has 7 heteroatoms. The zero-order valence-electron chi connectivity index (χ0n) is 17.8.